The number of halogens is 2. The first kappa shape index (κ1) is 20.3. The smallest absolute Gasteiger partial charge is 0.135 e. The third-order valence-corrected chi connectivity index (χ3v) is 7.85. The van der Waals surface area contributed by atoms with E-state index in [1.807, 2.05) is 25.1 Å². The van der Waals surface area contributed by atoms with E-state index >= 15 is 0 Å². The highest BCUT2D eigenvalue weighted by atomic mass is 19.1. The molecule has 1 fully saturated rings. The Bertz CT molecular complexity index is 1360. The minimum absolute atomic E-state index is 0.128. The van der Waals surface area contributed by atoms with Crippen LogP contribution in [0.5, 0.6) is 0 Å². The normalized spacial score (nSPS) is 24.6. The molecule has 0 spiro atoms. The molecule has 7 heteroatoms. The molecule has 0 unspecified atom stereocenters. The quantitative estimate of drug-likeness (QED) is 0.530. The van der Waals surface area contributed by atoms with Crippen LogP contribution in [0.15, 0.2) is 52.7 Å². The van der Waals surface area contributed by atoms with Gasteiger partial charge in [0.15, 0.2) is 0 Å². The monoisotopic (exact) mass is 443 g/mol. The van der Waals surface area contributed by atoms with Crippen molar-refractivity contribution in [3.63, 3.8) is 0 Å². The first-order chi connectivity index (χ1) is 15.8. The van der Waals surface area contributed by atoms with Gasteiger partial charge in [0.2, 0.25) is 0 Å². The van der Waals surface area contributed by atoms with Crippen LogP contribution in [0.4, 0.5) is 8.78 Å². The largest absolute Gasteiger partial charge is 0.250 e. The number of nitrogens with zero attached hydrogens (tertiary/aromatic N) is 5. The molecule has 3 aromatic rings. The van der Waals surface area contributed by atoms with Crippen LogP contribution in [0.3, 0.4) is 0 Å². The van der Waals surface area contributed by atoms with E-state index in [1.54, 1.807) is 0 Å². The van der Waals surface area contributed by atoms with Crippen LogP contribution in [-0.4, -0.2) is 26.6 Å². The van der Waals surface area contributed by atoms with Crippen LogP contribution < -0.4 is 0 Å². The van der Waals surface area contributed by atoms with Gasteiger partial charge in [-0.25, -0.2) is 8.78 Å². The molecular formula is C26H23F2N5. The van der Waals surface area contributed by atoms with Gasteiger partial charge >= 0.3 is 0 Å². The van der Waals surface area contributed by atoms with Crippen molar-refractivity contribution in [2.75, 3.05) is 0 Å². The lowest BCUT2D eigenvalue weighted by Gasteiger charge is -2.37. The number of fused-ring (bicyclic) bond motifs is 5. The average Bonchev–Trinajstić information content (AvgIpc) is 3.40. The SMILES string of the molecule is CC1=NN=C(c2cccc([C@@]34CC[C@@H](c5cc(-c6c(F)cccc6F)nnc53)C4(C)C)n2)C1. The lowest BCUT2D eigenvalue weighted by atomic mass is 9.66. The fourth-order valence-corrected chi connectivity index (χ4v) is 6.19. The third-order valence-electron chi connectivity index (χ3n) is 7.85. The molecular weight excluding hydrogens is 420 g/mol. The Morgan fingerprint density at radius 3 is 2.42 bits per heavy atom. The molecule has 1 saturated carbocycles. The van der Waals surface area contributed by atoms with Gasteiger partial charge in [0.1, 0.15) is 11.6 Å². The van der Waals surface area contributed by atoms with E-state index in [1.165, 1.54) is 18.2 Å². The van der Waals surface area contributed by atoms with Crippen molar-refractivity contribution in [3.05, 3.63) is 76.7 Å². The Morgan fingerprint density at radius 2 is 1.70 bits per heavy atom. The Hall–Kier alpha value is -3.35. The fraction of sp³-hybridized carbons (Fsp3) is 0.346. The fourth-order valence-electron chi connectivity index (χ4n) is 6.19. The topological polar surface area (TPSA) is 63.4 Å². The van der Waals surface area contributed by atoms with E-state index in [2.05, 4.69) is 40.3 Å². The number of aromatic nitrogens is 3. The highest BCUT2D eigenvalue weighted by Gasteiger charge is 2.65. The lowest BCUT2D eigenvalue weighted by molar-refractivity contribution is 0.243. The van der Waals surface area contributed by atoms with Crippen molar-refractivity contribution in [1.82, 2.24) is 15.2 Å². The van der Waals surface area contributed by atoms with E-state index < -0.39 is 17.0 Å². The lowest BCUT2D eigenvalue weighted by Crippen LogP contribution is -2.38. The zero-order chi connectivity index (χ0) is 23.0. The summed E-state index contributed by atoms with van der Waals surface area (Å²) in [5.41, 5.74) is 5.01. The van der Waals surface area contributed by atoms with Gasteiger partial charge in [-0.1, -0.05) is 26.0 Å². The Balaban J connectivity index is 1.50. The summed E-state index contributed by atoms with van der Waals surface area (Å²) in [5.74, 6) is -1.06. The van der Waals surface area contributed by atoms with E-state index in [4.69, 9.17) is 4.98 Å². The van der Waals surface area contributed by atoms with Crippen LogP contribution in [0.25, 0.3) is 11.3 Å². The van der Waals surface area contributed by atoms with E-state index in [9.17, 15) is 8.78 Å². The zero-order valence-corrected chi connectivity index (χ0v) is 18.7. The molecule has 0 radical (unpaired) electrons. The molecule has 33 heavy (non-hydrogen) atoms. The van der Waals surface area contributed by atoms with Gasteiger partial charge in [0.25, 0.3) is 0 Å². The molecule has 166 valence electrons. The molecule has 2 atom stereocenters. The molecule has 3 aliphatic rings. The maximum absolute atomic E-state index is 14.4. The van der Waals surface area contributed by atoms with Gasteiger partial charge in [-0.05, 0) is 67.0 Å². The van der Waals surface area contributed by atoms with E-state index in [0.29, 0.717) is 6.42 Å². The number of pyridine rings is 1. The summed E-state index contributed by atoms with van der Waals surface area (Å²) >= 11 is 0. The highest BCUT2D eigenvalue weighted by Crippen LogP contribution is 2.69. The minimum atomic E-state index is -0.634. The van der Waals surface area contributed by atoms with Crippen LogP contribution in [0.1, 0.15) is 68.6 Å². The van der Waals surface area contributed by atoms with Crippen molar-refractivity contribution >= 4 is 11.4 Å². The molecule has 2 aliphatic carbocycles. The number of rotatable bonds is 3. The van der Waals surface area contributed by atoms with Crippen molar-refractivity contribution < 1.29 is 8.78 Å². The Morgan fingerprint density at radius 1 is 0.939 bits per heavy atom. The van der Waals surface area contributed by atoms with Gasteiger partial charge in [-0.15, -0.1) is 5.10 Å². The molecule has 3 heterocycles. The van der Waals surface area contributed by atoms with Gasteiger partial charge in [0.05, 0.1) is 39.5 Å². The second-order valence-electron chi connectivity index (χ2n) is 9.82. The first-order valence-corrected chi connectivity index (χ1v) is 11.2. The third kappa shape index (κ3) is 2.65. The summed E-state index contributed by atoms with van der Waals surface area (Å²) in [7, 11) is 0. The molecule has 1 aromatic carbocycles. The summed E-state index contributed by atoms with van der Waals surface area (Å²) in [4.78, 5) is 5.05. The van der Waals surface area contributed by atoms with Crippen LogP contribution in [0.2, 0.25) is 0 Å². The molecule has 5 nitrogen and oxygen atoms in total. The minimum Gasteiger partial charge on any atom is -0.250 e. The molecule has 0 N–H and O–H groups in total. The van der Waals surface area contributed by atoms with Crippen LogP contribution in [0, 0.1) is 17.0 Å². The van der Waals surface area contributed by atoms with Crippen molar-refractivity contribution in [2.45, 2.75) is 51.4 Å². The van der Waals surface area contributed by atoms with Crippen molar-refractivity contribution in [3.8, 4) is 11.3 Å². The van der Waals surface area contributed by atoms with Gasteiger partial charge < -0.3 is 0 Å². The Kier molecular flexibility index (Phi) is 4.19. The maximum Gasteiger partial charge on any atom is 0.135 e. The van der Waals surface area contributed by atoms with Crippen LogP contribution in [-0.2, 0) is 5.41 Å². The second kappa shape index (κ2) is 6.83. The second-order valence-corrected chi connectivity index (χ2v) is 9.82. The maximum atomic E-state index is 14.4. The molecule has 2 aromatic heterocycles. The molecule has 1 aliphatic heterocycles. The summed E-state index contributed by atoms with van der Waals surface area (Å²) in [5, 5.41) is 17.4. The standard InChI is InChI=1S/C26H23F2N5/c1-14-12-20(31-30-14)19-8-5-9-22(29-19)26-11-10-16(25(26,2)3)15-13-21(32-33-24(15)26)23-17(27)6-4-7-18(23)28/h4-9,13,16H,10-12H2,1-3H3/t16-,26-/m0/s1. The molecule has 2 bridgehead atoms. The van der Waals surface area contributed by atoms with Gasteiger partial charge in [0, 0.05) is 12.1 Å². The van der Waals surface area contributed by atoms with Gasteiger partial charge in [-0.3, -0.25) is 4.98 Å². The van der Waals surface area contributed by atoms with E-state index in [0.717, 1.165) is 46.9 Å². The summed E-state index contributed by atoms with van der Waals surface area (Å²) in [6, 6.07) is 11.7. The highest BCUT2D eigenvalue weighted by molar-refractivity contribution is 6.13. The van der Waals surface area contributed by atoms with Crippen LogP contribution >= 0.6 is 0 Å². The Labute approximate surface area is 190 Å². The average molecular weight is 444 g/mol. The molecule has 6 rings (SSSR count). The first-order valence-electron chi connectivity index (χ1n) is 11.2. The van der Waals surface area contributed by atoms with Gasteiger partial charge in [-0.2, -0.15) is 15.3 Å². The number of hydrogen-bond acceptors (Lipinski definition) is 5. The molecule has 0 amide bonds. The zero-order valence-electron chi connectivity index (χ0n) is 18.7. The molecule has 0 saturated heterocycles. The summed E-state index contributed by atoms with van der Waals surface area (Å²) in [6.45, 7) is 6.44. The van der Waals surface area contributed by atoms with Crippen molar-refractivity contribution in [2.24, 2.45) is 15.6 Å². The summed E-state index contributed by atoms with van der Waals surface area (Å²) in [6.07, 6.45) is 2.56. The summed E-state index contributed by atoms with van der Waals surface area (Å²) < 4.78 is 28.9. The number of hydrogen-bond donors (Lipinski definition) is 0. The van der Waals surface area contributed by atoms with Crippen molar-refractivity contribution in [1.29, 1.82) is 0 Å². The van der Waals surface area contributed by atoms with E-state index in [-0.39, 0.29) is 22.6 Å². The predicted octanol–water partition coefficient (Wildman–Crippen LogP) is 5.59. The predicted molar refractivity (Wildman–Crippen MR) is 122 cm³/mol. The number of benzene rings is 1.